The van der Waals surface area contributed by atoms with Crippen LogP contribution in [0, 0.1) is 12.7 Å². The minimum absolute atomic E-state index is 0.0918. The number of rotatable bonds is 15. The van der Waals surface area contributed by atoms with Gasteiger partial charge in [0, 0.05) is 49.8 Å². The van der Waals surface area contributed by atoms with Crippen LogP contribution in [-0.4, -0.2) is 78.9 Å². The number of hydrogen-bond donors (Lipinski definition) is 1. The molecule has 0 unspecified atom stereocenters. The summed E-state index contributed by atoms with van der Waals surface area (Å²) in [6, 6.07) is 21.5. The second-order valence-corrected chi connectivity index (χ2v) is 14.5. The van der Waals surface area contributed by atoms with Crippen LogP contribution in [0.5, 0.6) is 5.75 Å². The normalized spacial score (nSPS) is 18.9. The lowest BCUT2D eigenvalue weighted by Gasteiger charge is -2.45. The number of nitrogens with zero attached hydrogens (tertiary/aromatic N) is 2. The van der Waals surface area contributed by atoms with Crippen LogP contribution in [-0.2, 0) is 32.1 Å². The number of ether oxygens (including phenoxy) is 2. The molecule has 1 aliphatic carbocycles. The van der Waals surface area contributed by atoms with Gasteiger partial charge in [0.2, 0.25) is 5.78 Å². The largest absolute Gasteiger partial charge is 0.492 e. The lowest BCUT2D eigenvalue weighted by molar-refractivity contribution is -0.151. The zero-order chi connectivity index (χ0) is 35.2. The fraction of sp³-hybridized carbons (Fsp3) is 0.425. The summed E-state index contributed by atoms with van der Waals surface area (Å²) in [5.74, 6) is -1.05. The van der Waals surface area contributed by atoms with Crippen LogP contribution in [0.4, 0.5) is 4.39 Å². The molecule has 2 aliphatic heterocycles. The SMILES string of the molecule is COC(=O)C(=O)CCCN1C[C@H]2CC(c3ccc(CCCOc4cc(F)ccc4Br)cc3)=C(C(=O)N(Cc3ccccc3C)C3CC3)[C@@H](C1)N2. The average molecular weight is 747 g/mol. The highest BCUT2D eigenvalue weighted by atomic mass is 79.9. The second kappa shape index (κ2) is 16.4. The van der Waals surface area contributed by atoms with Gasteiger partial charge in [-0.15, -0.1) is 0 Å². The molecule has 3 aromatic carbocycles. The molecule has 2 heterocycles. The van der Waals surface area contributed by atoms with Crippen molar-refractivity contribution in [1.82, 2.24) is 15.1 Å². The van der Waals surface area contributed by atoms with Crippen molar-refractivity contribution in [2.24, 2.45) is 0 Å². The third-order valence-corrected chi connectivity index (χ3v) is 10.6. The number of nitrogens with one attached hydrogen (secondary N) is 1. The highest BCUT2D eigenvalue weighted by molar-refractivity contribution is 9.10. The van der Waals surface area contributed by atoms with Crippen molar-refractivity contribution in [3.63, 3.8) is 0 Å². The average Bonchev–Trinajstić information content (AvgIpc) is 3.96. The maximum Gasteiger partial charge on any atom is 0.374 e. The molecule has 10 heteroatoms. The van der Waals surface area contributed by atoms with Gasteiger partial charge < -0.3 is 19.7 Å². The van der Waals surface area contributed by atoms with Crippen molar-refractivity contribution in [1.29, 1.82) is 0 Å². The maximum absolute atomic E-state index is 14.8. The number of carbonyl (C=O) groups excluding carboxylic acids is 3. The van der Waals surface area contributed by atoms with E-state index < -0.39 is 11.8 Å². The van der Waals surface area contributed by atoms with E-state index in [9.17, 15) is 18.8 Å². The summed E-state index contributed by atoms with van der Waals surface area (Å²) in [4.78, 5) is 42.9. The van der Waals surface area contributed by atoms with Gasteiger partial charge in [0.05, 0.1) is 24.2 Å². The number of amides is 1. The van der Waals surface area contributed by atoms with Gasteiger partial charge in [-0.3, -0.25) is 14.5 Å². The number of hydrogen-bond acceptors (Lipinski definition) is 7. The van der Waals surface area contributed by atoms with Gasteiger partial charge in [-0.1, -0.05) is 48.5 Å². The number of methoxy groups -OCH3 is 1. The Morgan fingerprint density at radius 1 is 1.02 bits per heavy atom. The minimum Gasteiger partial charge on any atom is -0.492 e. The third kappa shape index (κ3) is 8.89. The van der Waals surface area contributed by atoms with Crippen molar-refractivity contribution in [2.75, 3.05) is 33.4 Å². The number of aryl methyl sites for hydroxylation is 2. The molecule has 3 aromatic rings. The Morgan fingerprint density at radius 3 is 2.54 bits per heavy atom. The van der Waals surface area contributed by atoms with Crippen LogP contribution >= 0.6 is 15.9 Å². The number of ketones is 1. The number of carbonyl (C=O) groups is 3. The molecule has 1 N–H and O–H groups in total. The Kier molecular flexibility index (Phi) is 11.8. The topological polar surface area (TPSA) is 88.2 Å². The van der Waals surface area contributed by atoms with E-state index in [1.54, 1.807) is 6.07 Å². The Hall–Kier alpha value is -3.86. The predicted molar refractivity (Wildman–Crippen MR) is 194 cm³/mol. The Labute approximate surface area is 302 Å². The van der Waals surface area contributed by atoms with Gasteiger partial charge >= 0.3 is 5.97 Å². The van der Waals surface area contributed by atoms with Gasteiger partial charge in [-0.2, -0.15) is 0 Å². The fourth-order valence-corrected chi connectivity index (χ4v) is 7.47. The van der Waals surface area contributed by atoms with Crippen LogP contribution < -0.4 is 10.1 Å². The van der Waals surface area contributed by atoms with Crippen molar-refractivity contribution < 1.29 is 28.2 Å². The Bertz CT molecular complexity index is 1740. The summed E-state index contributed by atoms with van der Waals surface area (Å²) in [6.45, 7) is 5.25. The van der Waals surface area contributed by atoms with E-state index in [1.807, 2.05) is 12.1 Å². The smallest absolute Gasteiger partial charge is 0.374 e. The molecular weight excluding hydrogens is 701 g/mol. The van der Waals surface area contributed by atoms with Crippen LogP contribution in [0.1, 0.15) is 60.8 Å². The molecule has 1 amide bonds. The summed E-state index contributed by atoms with van der Waals surface area (Å²) < 4.78 is 24.8. The first-order valence-electron chi connectivity index (χ1n) is 17.6. The first kappa shape index (κ1) is 35.9. The predicted octanol–water partition coefficient (Wildman–Crippen LogP) is 6.42. The summed E-state index contributed by atoms with van der Waals surface area (Å²) in [5, 5.41) is 3.77. The van der Waals surface area contributed by atoms with E-state index >= 15 is 0 Å². The molecule has 2 fully saturated rings. The van der Waals surface area contributed by atoms with E-state index in [0.29, 0.717) is 44.8 Å². The standard InChI is InChI=1S/C40H45BrFN3O5/c1-26-7-3-4-9-29(26)23-45(32-16-17-32)39(47)38-33(22-31-24-44(25-35(38)43-31)19-5-10-36(46)40(48)49-2)28-13-11-27(12-14-28)8-6-20-50-37-21-30(42)15-18-34(37)41/h3-4,7,9,11-15,18,21,31-32,35,43H,5-6,8,10,16-17,19-20,22-25H2,1-2H3/t31-,35-/m1/s1. The summed E-state index contributed by atoms with van der Waals surface area (Å²) in [7, 11) is 1.23. The quantitative estimate of drug-likeness (QED) is 0.109. The Balaban J connectivity index is 1.20. The van der Waals surface area contributed by atoms with Crippen molar-refractivity contribution >= 4 is 39.2 Å². The fourth-order valence-electron chi connectivity index (χ4n) is 7.11. The molecule has 2 atom stereocenters. The number of benzene rings is 3. The van der Waals surface area contributed by atoms with E-state index in [-0.39, 0.29) is 36.3 Å². The summed E-state index contributed by atoms with van der Waals surface area (Å²) in [6.07, 6.45) is 5.02. The van der Waals surface area contributed by atoms with Crippen molar-refractivity contribution in [3.8, 4) is 5.75 Å². The van der Waals surface area contributed by atoms with Crippen LogP contribution in [0.25, 0.3) is 5.57 Å². The van der Waals surface area contributed by atoms with E-state index in [1.165, 1.54) is 30.4 Å². The molecule has 8 nitrogen and oxygen atoms in total. The van der Waals surface area contributed by atoms with Gasteiger partial charge in [0.1, 0.15) is 11.6 Å². The zero-order valence-electron chi connectivity index (χ0n) is 28.8. The van der Waals surface area contributed by atoms with Crippen molar-refractivity contribution in [3.05, 3.63) is 105 Å². The molecule has 1 saturated carbocycles. The number of piperazine rings is 1. The van der Waals surface area contributed by atoms with E-state index in [4.69, 9.17) is 4.74 Å². The number of Topliss-reactive ketones (excluding diaryl/α,β-unsaturated/α-hetero) is 1. The second-order valence-electron chi connectivity index (χ2n) is 13.6. The van der Waals surface area contributed by atoms with Gasteiger partial charge in [-0.05, 0) is 108 Å². The first-order valence-corrected chi connectivity index (χ1v) is 18.3. The number of fused-ring (bicyclic) bond motifs is 2. The van der Waals surface area contributed by atoms with Gasteiger partial charge in [0.25, 0.3) is 5.91 Å². The third-order valence-electron chi connectivity index (χ3n) is 9.92. The highest BCUT2D eigenvalue weighted by Gasteiger charge is 2.42. The number of esters is 1. The molecule has 1 saturated heterocycles. The molecule has 0 radical (unpaired) electrons. The molecule has 3 aliphatic rings. The van der Waals surface area contributed by atoms with Crippen LogP contribution in [0.3, 0.4) is 0 Å². The van der Waals surface area contributed by atoms with Crippen LogP contribution in [0.2, 0.25) is 0 Å². The molecule has 0 spiro atoms. The minimum atomic E-state index is -0.798. The lowest BCUT2D eigenvalue weighted by Crippen LogP contribution is -2.61. The molecule has 6 rings (SSSR count). The lowest BCUT2D eigenvalue weighted by atomic mass is 9.82. The maximum atomic E-state index is 14.8. The van der Waals surface area contributed by atoms with E-state index in [2.05, 4.69) is 79.1 Å². The van der Waals surface area contributed by atoms with E-state index in [0.717, 1.165) is 59.0 Å². The van der Waals surface area contributed by atoms with Crippen LogP contribution in [0.15, 0.2) is 76.8 Å². The monoisotopic (exact) mass is 745 g/mol. The summed E-state index contributed by atoms with van der Waals surface area (Å²) >= 11 is 3.41. The molecule has 2 bridgehead atoms. The van der Waals surface area contributed by atoms with Crippen molar-refractivity contribution in [2.45, 2.75) is 76.5 Å². The molecule has 264 valence electrons. The van der Waals surface area contributed by atoms with Gasteiger partial charge in [0.15, 0.2) is 0 Å². The molecule has 0 aromatic heterocycles. The summed E-state index contributed by atoms with van der Waals surface area (Å²) in [5.41, 5.74) is 6.51. The first-order chi connectivity index (χ1) is 24.2. The molecule has 50 heavy (non-hydrogen) atoms. The van der Waals surface area contributed by atoms with Gasteiger partial charge in [-0.25, -0.2) is 9.18 Å². The Morgan fingerprint density at radius 2 is 1.80 bits per heavy atom. The zero-order valence-corrected chi connectivity index (χ0v) is 30.3. The molecular formula is C40H45BrFN3O5. The number of halogens is 2. The highest BCUT2D eigenvalue weighted by Crippen LogP contribution is 2.38.